The molecule has 1 aromatic heterocycles. The highest BCUT2D eigenvalue weighted by molar-refractivity contribution is 7.92. The van der Waals surface area contributed by atoms with Gasteiger partial charge in [-0.15, -0.1) is 11.3 Å². The molecule has 1 heterocycles. The predicted octanol–water partition coefficient (Wildman–Crippen LogP) is 3.22. The van der Waals surface area contributed by atoms with Crippen LogP contribution in [0.2, 0.25) is 0 Å². The summed E-state index contributed by atoms with van der Waals surface area (Å²) in [5, 5.41) is 4.84. The highest BCUT2D eigenvalue weighted by Crippen LogP contribution is 2.22. The van der Waals surface area contributed by atoms with E-state index in [0.717, 1.165) is 0 Å². The number of carbonyl (C=O) groups is 1. The Bertz CT molecular complexity index is 971. The predicted molar refractivity (Wildman–Crippen MR) is 98.5 cm³/mol. The number of amides is 1. The summed E-state index contributed by atoms with van der Waals surface area (Å²) in [6, 6.07) is 14.7. The molecule has 0 aliphatic carbocycles. The number of anilines is 2. The molecule has 6 nitrogen and oxygen atoms in total. The number of sulfonamides is 1. The fourth-order valence-corrected chi connectivity index (χ4v) is 3.95. The summed E-state index contributed by atoms with van der Waals surface area (Å²) in [4.78, 5) is 16.3. The number of para-hydroxylation sites is 1. The van der Waals surface area contributed by atoms with Gasteiger partial charge in [0, 0.05) is 24.2 Å². The molecule has 0 aliphatic heterocycles. The second kappa shape index (κ2) is 7.04. The minimum Gasteiger partial charge on any atom is -0.298 e. The van der Waals surface area contributed by atoms with Gasteiger partial charge in [-0.05, 0) is 30.3 Å². The van der Waals surface area contributed by atoms with Gasteiger partial charge in [-0.2, -0.15) is 0 Å². The summed E-state index contributed by atoms with van der Waals surface area (Å²) in [5.74, 6) is -0.408. The molecular weight excluding hydrogens is 358 g/mol. The van der Waals surface area contributed by atoms with Crippen LogP contribution in [-0.2, 0) is 10.0 Å². The van der Waals surface area contributed by atoms with E-state index in [1.807, 2.05) is 6.07 Å². The maximum Gasteiger partial charge on any atom is 0.264 e. The molecule has 3 rings (SSSR count). The number of nitrogens with one attached hydrogen (secondary N) is 1. The number of hydrogen-bond acceptors (Lipinski definition) is 5. The van der Waals surface area contributed by atoms with Crippen molar-refractivity contribution in [2.24, 2.45) is 0 Å². The highest BCUT2D eigenvalue weighted by atomic mass is 32.2. The zero-order chi connectivity index (χ0) is 17.9. The molecule has 0 unspecified atom stereocenters. The van der Waals surface area contributed by atoms with Crippen molar-refractivity contribution < 1.29 is 13.2 Å². The Morgan fingerprint density at radius 3 is 2.56 bits per heavy atom. The number of benzene rings is 2. The van der Waals surface area contributed by atoms with E-state index in [1.165, 1.54) is 34.8 Å². The van der Waals surface area contributed by atoms with Crippen LogP contribution in [-0.4, -0.2) is 26.4 Å². The van der Waals surface area contributed by atoms with E-state index in [1.54, 1.807) is 48.0 Å². The fraction of sp³-hybridized carbons (Fsp3) is 0.0588. The smallest absolute Gasteiger partial charge is 0.264 e. The second-order valence-electron chi connectivity index (χ2n) is 5.13. The molecular formula is C17H15N3O3S2. The van der Waals surface area contributed by atoms with Crippen LogP contribution in [0.4, 0.5) is 10.8 Å². The highest BCUT2D eigenvalue weighted by Gasteiger charge is 2.22. The molecule has 1 N–H and O–H groups in total. The second-order valence-corrected chi connectivity index (χ2v) is 7.99. The van der Waals surface area contributed by atoms with E-state index in [0.29, 0.717) is 10.8 Å². The first-order chi connectivity index (χ1) is 12.0. The third-order valence-electron chi connectivity index (χ3n) is 3.53. The van der Waals surface area contributed by atoms with Crippen molar-refractivity contribution >= 4 is 38.1 Å². The van der Waals surface area contributed by atoms with Crippen LogP contribution in [0.15, 0.2) is 71.1 Å². The van der Waals surface area contributed by atoms with Crippen LogP contribution in [0.25, 0.3) is 0 Å². The zero-order valence-corrected chi connectivity index (χ0v) is 14.9. The van der Waals surface area contributed by atoms with E-state index in [-0.39, 0.29) is 10.5 Å². The number of rotatable bonds is 5. The van der Waals surface area contributed by atoms with Crippen LogP contribution in [0.3, 0.4) is 0 Å². The molecule has 0 saturated heterocycles. The van der Waals surface area contributed by atoms with Crippen molar-refractivity contribution in [3.63, 3.8) is 0 Å². The molecule has 128 valence electrons. The third kappa shape index (κ3) is 3.70. The molecule has 0 spiro atoms. The lowest BCUT2D eigenvalue weighted by Crippen LogP contribution is -2.26. The van der Waals surface area contributed by atoms with Gasteiger partial charge in [-0.1, -0.05) is 24.3 Å². The van der Waals surface area contributed by atoms with Crippen LogP contribution < -0.4 is 9.62 Å². The molecule has 0 atom stereocenters. The summed E-state index contributed by atoms with van der Waals surface area (Å²) in [5.41, 5.74) is 0.790. The van der Waals surface area contributed by atoms with Gasteiger partial charge in [0.1, 0.15) is 0 Å². The van der Waals surface area contributed by atoms with Crippen molar-refractivity contribution in [2.45, 2.75) is 4.90 Å². The largest absolute Gasteiger partial charge is 0.298 e. The van der Waals surface area contributed by atoms with Gasteiger partial charge >= 0.3 is 0 Å². The summed E-state index contributed by atoms with van der Waals surface area (Å²) < 4.78 is 26.8. The SMILES string of the molecule is CN(c1ccccc1)S(=O)(=O)c1cccc(C(=O)Nc2nccs2)c1. The van der Waals surface area contributed by atoms with Crippen molar-refractivity contribution in [1.29, 1.82) is 0 Å². The molecule has 2 aromatic carbocycles. The Morgan fingerprint density at radius 1 is 1.12 bits per heavy atom. The van der Waals surface area contributed by atoms with Crippen LogP contribution in [0, 0.1) is 0 Å². The van der Waals surface area contributed by atoms with Gasteiger partial charge in [-0.25, -0.2) is 13.4 Å². The quantitative estimate of drug-likeness (QED) is 0.745. The van der Waals surface area contributed by atoms with Gasteiger partial charge in [0.05, 0.1) is 10.6 Å². The third-order valence-corrected chi connectivity index (χ3v) is 6.00. The summed E-state index contributed by atoms with van der Waals surface area (Å²) in [6.07, 6.45) is 1.58. The first kappa shape index (κ1) is 17.1. The Kier molecular flexibility index (Phi) is 4.82. The average Bonchev–Trinajstić information content (AvgIpc) is 3.15. The number of thiazole rings is 1. The first-order valence-corrected chi connectivity index (χ1v) is 9.65. The molecule has 25 heavy (non-hydrogen) atoms. The number of hydrogen-bond donors (Lipinski definition) is 1. The minimum atomic E-state index is -3.77. The van der Waals surface area contributed by atoms with Gasteiger partial charge in [0.25, 0.3) is 15.9 Å². The minimum absolute atomic E-state index is 0.0469. The zero-order valence-electron chi connectivity index (χ0n) is 13.3. The Hall–Kier alpha value is -2.71. The number of carbonyl (C=O) groups excluding carboxylic acids is 1. The van der Waals surface area contributed by atoms with E-state index < -0.39 is 15.9 Å². The van der Waals surface area contributed by atoms with Crippen molar-refractivity contribution in [3.05, 3.63) is 71.7 Å². The van der Waals surface area contributed by atoms with Gasteiger partial charge < -0.3 is 0 Å². The van der Waals surface area contributed by atoms with E-state index in [4.69, 9.17) is 0 Å². The van der Waals surface area contributed by atoms with E-state index in [2.05, 4.69) is 10.3 Å². The van der Waals surface area contributed by atoms with Crippen LogP contribution in [0.1, 0.15) is 10.4 Å². The first-order valence-electron chi connectivity index (χ1n) is 7.33. The van der Waals surface area contributed by atoms with Crippen molar-refractivity contribution in [1.82, 2.24) is 4.98 Å². The molecule has 0 radical (unpaired) electrons. The lowest BCUT2D eigenvalue weighted by atomic mass is 10.2. The van der Waals surface area contributed by atoms with Crippen LogP contribution >= 0.6 is 11.3 Å². The Balaban J connectivity index is 1.89. The van der Waals surface area contributed by atoms with Gasteiger partial charge in [-0.3, -0.25) is 14.4 Å². The maximum absolute atomic E-state index is 12.8. The molecule has 0 fully saturated rings. The molecule has 0 saturated carbocycles. The molecule has 8 heteroatoms. The number of nitrogens with zero attached hydrogens (tertiary/aromatic N) is 2. The number of aromatic nitrogens is 1. The summed E-state index contributed by atoms with van der Waals surface area (Å²) in [6.45, 7) is 0. The van der Waals surface area contributed by atoms with Gasteiger partial charge in [0.2, 0.25) is 0 Å². The Morgan fingerprint density at radius 2 is 1.88 bits per heavy atom. The molecule has 0 aliphatic rings. The topological polar surface area (TPSA) is 79.4 Å². The molecule has 0 bridgehead atoms. The van der Waals surface area contributed by atoms with Crippen molar-refractivity contribution in [2.75, 3.05) is 16.7 Å². The lowest BCUT2D eigenvalue weighted by Gasteiger charge is -2.19. The van der Waals surface area contributed by atoms with Crippen molar-refractivity contribution in [3.8, 4) is 0 Å². The lowest BCUT2D eigenvalue weighted by molar-refractivity contribution is 0.102. The normalized spacial score (nSPS) is 11.1. The summed E-state index contributed by atoms with van der Waals surface area (Å²) >= 11 is 1.29. The monoisotopic (exact) mass is 373 g/mol. The summed E-state index contributed by atoms with van der Waals surface area (Å²) in [7, 11) is -2.29. The Labute approximate surface area is 149 Å². The molecule has 3 aromatic rings. The van der Waals surface area contributed by atoms with E-state index in [9.17, 15) is 13.2 Å². The van der Waals surface area contributed by atoms with Crippen LogP contribution in [0.5, 0.6) is 0 Å². The maximum atomic E-state index is 12.8. The fourth-order valence-electron chi connectivity index (χ4n) is 2.19. The molecule has 1 amide bonds. The van der Waals surface area contributed by atoms with Gasteiger partial charge in [0.15, 0.2) is 5.13 Å². The standard InChI is InChI=1S/C17H15N3O3S2/c1-20(14-7-3-2-4-8-14)25(22,23)15-9-5-6-13(12-15)16(21)19-17-18-10-11-24-17/h2-12H,1H3,(H,18,19,21). The van der Waals surface area contributed by atoms with E-state index >= 15 is 0 Å². The average molecular weight is 373 g/mol.